The maximum atomic E-state index is 6.36. The van der Waals surface area contributed by atoms with E-state index in [-0.39, 0.29) is 29.6 Å². The molecular formula is C45H38NaO6PSi. The Morgan fingerprint density at radius 1 is 0.315 bits per heavy atom. The van der Waals surface area contributed by atoms with Crippen LogP contribution in [0.25, 0.3) is 0 Å². The van der Waals surface area contributed by atoms with Gasteiger partial charge in [0.05, 0.1) is 0 Å². The van der Waals surface area contributed by atoms with Gasteiger partial charge in [0.1, 0.15) is 28.5 Å². The number of fused-ring (bicyclic) bond motifs is 3. The van der Waals surface area contributed by atoms with Gasteiger partial charge < -0.3 is 0 Å². The average Bonchev–Trinajstić information content (AvgIpc) is 3.75. The van der Waals surface area contributed by atoms with Gasteiger partial charge >= 0.3 is 191 Å². The Bertz CT molecular complexity index is 2180. The quantitative estimate of drug-likeness (QED) is 0.163. The second-order valence-corrected chi connectivity index (χ2v) is 20.9. The summed E-state index contributed by atoms with van der Waals surface area (Å²) in [7, 11) is -7.83. The number of aryl methyl sites for hydroxylation is 3. The van der Waals surface area contributed by atoms with Crippen LogP contribution in [0, 0.1) is 20.8 Å². The van der Waals surface area contributed by atoms with Crippen molar-refractivity contribution in [2.75, 3.05) is 0 Å². The van der Waals surface area contributed by atoms with Crippen molar-refractivity contribution in [3.05, 3.63) is 193 Å². The smallest absolute Gasteiger partial charge is 0.0620 e. The van der Waals surface area contributed by atoms with E-state index < -0.39 is 15.4 Å². The molecule has 10 rings (SSSR count). The summed E-state index contributed by atoms with van der Waals surface area (Å²) in [5.74, 6) is 2.72. The Hall–Kier alpha value is -5.01. The fraction of sp³-hybridized carbons (Fsp3) is 0.0667. The van der Waals surface area contributed by atoms with Crippen LogP contribution in [0.15, 0.2) is 176 Å². The van der Waals surface area contributed by atoms with E-state index >= 15 is 0 Å². The average molecular weight is 757 g/mol. The Morgan fingerprint density at radius 3 is 0.815 bits per heavy atom. The van der Waals surface area contributed by atoms with Gasteiger partial charge in [-0.25, -0.2) is 0 Å². The Morgan fingerprint density at radius 2 is 0.556 bits per heavy atom. The first-order chi connectivity index (χ1) is 25.7. The van der Waals surface area contributed by atoms with E-state index in [1.807, 2.05) is 57.2 Å². The van der Waals surface area contributed by atoms with E-state index in [0.717, 1.165) is 16.7 Å². The molecule has 0 saturated heterocycles. The first-order valence-electron chi connectivity index (χ1n) is 17.7. The zero-order valence-electron chi connectivity index (χ0n) is 30.6. The molecule has 0 atom stereocenters. The minimum absolute atomic E-state index is 0. The Labute approximate surface area is 338 Å². The summed E-state index contributed by atoms with van der Waals surface area (Å²) in [5.41, 5.74) is 3.00. The minimum atomic E-state index is -5.93. The molecule has 7 aromatic rings. The summed E-state index contributed by atoms with van der Waals surface area (Å²) in [4.78, 5) is 0. The molecule has 1 spiro atoms. The van der Waals surface area contributed by atoms with Crippen LogP contribution in [0.3, 0.4) is 0 Å². The van der Waals surface area contributed by atoms with Crippen LogP contribution in [0.5, 0.6) is 34.5 Å². The van der Waals surface area contributed by atoms with Crippen LogP contribution in [0.4, 0.5) is 0 Å². The van der Waals surface area contributed by atoms with E-state index in [1.54, 1.807) is 18.2 Å². The summed E-state index contributed by atoms with van der Waals surface area (Å²) in [6, 6.07) is 60.5. The maximum absolute atomic E-state index is 6.36. The zero-order valence-corrected chi connectivity index (χ0v) is 34.5. The predicted molar refractivity (Wildman–Crippen MR) is 214 cm³/mol. The van der Waals surface area contributed by atoms with E-state index in [2.05, 4.69) is 121 Å². The van der Waals surface area contributed by atoms with Crippen molar-refractivity contribution in [3.63, 3.8) is 0 Å². The summed E-state index contributed by atoms with van der Waals surface area (Å²) in [5, 5.41) is 5.55. The van der Waals surface area contributed by atoms with Crippen molar-refractivity contribution in [2.24, 2.45) is 0 Å². The molecule has 0 bridgehead atoms. The summed E-state index contributed by atoms with van der Waals surface area (Å²) in [6.45, 7) is 5.89. The molecule has 3 aliphatic rings. The van der Waals surface area contributed by atoms with Crippen molar-refractivity contribution in [3.8, 4) is 34.5 Å². The summed E-state index contributed by atoms with van der Waals surface area (Å²) >= 11 is 0. The topological polar surface area (TPSA) is 55.4 Å². The van der Waals surface area contributed by atoms with Gasteiger partial charge in [0.15, 0.2) is 0 Å². The maximum Gasteiger partial charge on any atom is 1.00 e. The fourth-order valence-electron chi connectivity index (χ4n) is 7.50. The van der Waals surface area contributed by atoms with Gasteiger partial charge in [-0.15, -0.1) is 0 Å². The van der Waals surface area contributed by atoms with Crippen LogP contribution < -0.4 is 77.3 Å². The molecule has 9 heteroatoms. The van der Waals surface area contributed by atoms with Crippen molar-refractivity contribution in [1.82, 2.24) is 0 Å². The molecule has 0 aromatic heterocycles. The van der Waals surface area contributed by atoms with E-state index in [0.29, 0.717) is 34.5 Å². The van der Waals surface area contributed by atoms with Gasteiger partial charge in [0.2, 0.25) is 0 Å². The zero-order chi connectivity index (χ0) is 36.2. The fourth-order valence-corrected chi connectivity index (χ4v) is 16.1. The van der Waals surface area contributed by atoms with Gasteiger partial charge in [0.25, 0.3) is 0 Å². The van der Waals surface area contributed by atoms with Gasteiger partial charge in [-0.2, -0.15) is 0 Å². The van der Waals surface area contributed by atoms with E-state index in [9.17, 15) is 0 Å². The summed E-state index contributed by atoms with van der Waals surface area (Å²) in [6.07, 6.45) is 0. The number of rotatable bonds is 4. The molecule has 6 nitrogen and oxygen atoms in total. The molecule has 54 heavy (non-hydrogen) atoms. The molecule has 3 aliphatic heterocycles. The van der Waals surface area contributed by atoms with Gasteiger partial charge in [0, 0.05) is 0 Å². The Kier molecular flexibility index (Phi) is 8.72. The third-order valence-electron chi connectivity index (χ3n) is 9.78. The molecule has 264 valence electrons. The van der Waals surface area contributed by atoms with Crippen LogP contribution >= 0.6 is 7.26 Å². The van der Waals surface area contributed by atoms with Crippen molar-refractivity contribution in [1.29, 1.82) is 0 Å². The third-order valence-corrected chi connectivity index (χ3v) is 17.9. The van der Waals surface area contributed by atoms with Crippen molar-refractivity contribution < 1.29 is 56.1 Å². The molecule has 0 amide bonds. The molecule has 0 N–H and O–H groups in total. The molecular weight excluding hydrogens is 719 g/mol. The molecule has 0 unspecified atom stereocenters. The predicted octanol–water partition coefficient (Wildman–Crippen LogP) is 5.97. The van der Waals surface area contributed by atoms with Crippen molar-refractivity contribution in [2.45, 2.75) is 20.8 Å². The first kappa shape index (κ1) is 36.0. The third kappa shape index (κ3) is 5.70. The second kappa shape index (κ2) is 13.1. The molecule has 7 aromatic carbocycles. The van der Waals surface area contributed by atoms with Crippen LogP contribution in [0.2, 0.25) is 0 Å². The number of benzene rings is 7. The van der Waals surface area contributed by atoms with Gasteiger partial charge in [-0.1, -0.05) is 72.8 Å². The van der Waals surface area contributed by atoms with Crippen LogP contribution in [-0.2, 0) is 0 Å². The number of hydrogen-bond acceptors (Lipinski definition) is 6. The monoisotopic (exact) mass is 756 g/mol. The normalized spacial score (nSPS) is 16.8. The minimum Gasteiger partial charge on any atom is -0.0620 e. The second-order valence-electron chi connectivity index (χ2n) is 13.7. The van der Waals surface area contributed by atoms with Crippen molar-refractivity contribution >= 4 is 36.6 Å². The molecule has 0 radical (unpaired) electrons. The van der Waals surface area contributed by atoms with E-state index in [4.69, 9.17) is 26.6 Å². The molecule has 0 aliphatic carbocycles. The van der Waals surface area contributed by atoms with Gasteiger partial charge in [-0.05, 0) is 48.5 Å². The van der Waals surface area contributed by atoms with Crippen LogP contribution in [0.1, 0.15) is 16.7 Å². The molecule has 3 heterocycles. The summed E-state index contributed by atoms with van der Waals surface area (Å²) < 4.78 is 38.1. The first-order valence-corrected chi connectivity index (χ1v) is 21.9. The standard InChI is InChI=1S/C24H20P.C21H18O6Si.Na/c1-5-13-21(14-6-1)25(22-15-7-2-8-16-22,23-17-9-3-10-18-23)24-19-11-4-12-20-24;1-13-4-7-16-19(10-13)25-28(22-16,23-17-8-5-14(2)11-20(17)26-28)24-18-9-6-15(3)12-21(18)27-28;/h1-20H;4-12H,1-3H3;/q+1;-2;+1. The SMILES string of the molecule is Cc1ccc2c(c1)O[Si-2]13(O2)(Oc2ccc(C)cc2O1)Oc1ccc(C)cc1O3.[Na+].c1ccc([P+](c2ccccc2)(c2ccccc2)c2ccccc2)cc1. The van der Waals surface area contributed by atoms with Gasteiger partial charge in [-0.3, -0.25) is 0 Å². The molecule has 0 fully saturated rings. The Balaban J connectivity index is 0.000000151. The van der Waals surface area contributed by atoms with E-state index in [1.165, 1.54) is 21.2 Å². The number of hydrogen-bond donors (Lipinski definition) is 0. The molecule has 0 saturated carbocycles. The van der Waals surface area contributed by atoms with Crippen LogP contribution in [-0.4, -0.2) is 8.09 Å². The largest absolute Gasteiger partial charge is 1.00 e.